The van der Waals surface area contributed by atoms with E-state index in [2.05, 4.69) is 10.3 Å². The molecular weight excluding hydrogens is 436 g/mol. The number of hydrogen-bond donors (Lipinski definition) is 2. The van der Waals surface area contributed by atoms with Crippen LogP contribution in [0.4, 0.5) is 10.5 Å². The lowest BCUT2D eigenvalue weighted by atomic mass is 9.95. The molecule has 0 bridgehead atoms. The van der Waals surface area contributed by atoms with Crippen molar-refractivity contribution in [3.05, 3.63) is 65.7 Å². The summed E-state index contributed by atoms with van der Waals surface area (Å²) in [6, 6.07) is 16.4. The van der Waals surface area contributed by atoms with Gasteiger partial charge >= 0.3 is 12.1 Å². The molecule has 4 rings (SSSR count). The first-order valence-electron chi connectivity index (χ1n) is 11.6. The number of carboxylic acids is 1. The number of nitrogens with one attached hydrogen (secondary N) is 1. The number of aromatic carboxylic acids is 1. The molecule has 2 heterocycles. The summed E-state index contributed by atoms with van der Waals surface area (Å²) in [7, 11) is 0. The zero-order chi connectivity index (χ0) is 23.9. The molecular formula is C25H30N4O5. The third kappa shape index (κ3) is 6.05. The number of carboxylic acid groups (broad SMARTS) is 1. The number of carbonyl (C=O) groups excluding carboxylic acids is 2. The summed E-state index contributed by atoms with van der Waals surface area (Å²) in [5.41, 5.74) is 5.20. The molecule has 2 aliphatic rings. The van der Waals surface area contributed by atoms with Gasteiger partial charge in [0, 0.05) is 50.9 Å². The minimum Gasteiger partial charge on any atom is -0.478 e. The van der Waals surface area contributed by atoms with Gasteiger partial charge in [0.2, 0.25) is 5.91 Å². The molecule has 0 atom stereocenters. The second-order valence-corrected chi connectivity index (χ2v) is 8.60. The Kier molecular flexibility index (Phi) is 7.64. The van der Waals surface area contributed by atoms with Crippen molar-refractivity contribution in [2.24, 2.45) is 5.92 Å². The van der Waals surface area contributed by atoms with Gasteiger partial charge < -0.3 is 19.6 Å². The summed E-state index contributed by atoms with van der Waals surface area (Å²) in [6.45, 7) is 3.84. The molecule has 0 saturated carbocycles. The van der Waals surface area contributed by atoms with Gasteiger partial charge in [0.25, 0.3) is 0 Å². The largest absolute Gasteiger partial charge is 0.478 e. The van der Waals surface area contributed by atoms with Gasteiger partial charge in [-0.1, -0.05) is 30.3 Å². The molecule has 2 saturated heterocycles. The average Bonchev–Trinajstić information content (AvgIpc) is 2.88. The molecule has 2 aliphatic heterocycles. The first kappa shape index (κ1) is 23.6. The maximum atomic E-state index is 12.8. The molecule has 0 unspecified atom stereocenters. The number of ether oxygens (including phenoxy) is 1. The second kappa shape index (κ2) is 11.0. The third-order valence-corrected chi connectivity index (χ3v) is 6.36. The van der Waals surface area contributed by atoms with Crippen molar-refractivity contribution in [2.75, 3.05) is 44.2 Å². The van der Waals surface area contributed by atoms with Crippen LogP contribution in [0.3, 0.4) is 0 Å². The minimum atomic E-state index is -0.938. The van der Waals surface area contributed by atoms with Crippen molar-refractivity contribution >= 4 is 23.7 Å². The highest BCUT2D eigenvalue weighted by Gasteiger charge is 2.28. The highest BCUT2D eigenvalue weighted by Crippen LogP contribution is 2.24. The van der Waals surface area contributed by atoms with Gasteiger partial charge in [0.1, 0.15) is 6.61 Å². The fraction of sp³-hybridized carbons (Fsp3) is 0.400. The van der Waals surface area contributed by atoms with Gasteiger partial charge in [-0.3, -0.25) is 10.2 Å². The standard InChI is InChI=1S/C25H30N4O5/c30-23(20-10-12-27(13-11-20)22-8-6-21(7-9-22)24(31)32)26-29-16-14-28(15-17-29)25(33)34-18-19-4-2-1-3-5-19/h1-9,20H,10-18H2,(H,26,30)(H,31,32). The van der Waals surface area contributed by atoms with E-state index in [0.717, 1.165) is 37.2 Å². The minimum absolute atomic E-state index is 0.0148. The Morgan fingerprint density at radius 3 is 2.15 bits per heavy atom. The maximum absolute atomic E-state index is 12.8. The van der Waals surface area contributed by atoms with E-state index in [1.54, 1.807) is 17.0 Å². The quantitative estimate of drug-likeness (QED) is 0.675. The van der Waals surface area contributed by atoms with Crippen LogP contribution >= 0.6 is 0 Å². The predicted octanol–water partition coefficient (Wildman–Crippen LogP) is 2.59. The van der Waals surface area contributed by atoms with Crippen molar-refractivity contribution in [3.63, 3.8) is 0 Å². The van der Waals surface area contributed by atoms with Crippen LogP contribution in [-0.4, -0.2) is 72.3 Å². The predicted molar refractivity (Wildman–Crippen MR) is 126 cm³/mol. The van der Waals surface area contributed by atoms with E-state index < -0.39 is 5.97 Å². The normalized spacial score (nSPS) is 17.3. The first-order chi connectivity index (χ1) is 16.5. The molecule has 9 heteroatoms. The lowest BCUT2D eigenvalue weighted by Crippen LogP contribution is -2.56. The number of rotatable bonds is 6. The number of benzene rings is 2. The summed E-state index contributed by atoms with van der Waals surface area (Å²) in [4.78, 5) is 39.9. The molecule has 0 spiro atoms. The van der Waals surface area contributed by atoms with E-state index in [1.165, 1.54) is 0 Å². The highest BCUT2D eigenvalue weighted by atomic mass is 16.6. The number of anilines is 1. The third-order valence-electron chi connectivity index (χ3n) is 6.36. The van der Waals surface area contributed by atoms with E-state index in [-0.39, 0.29) is 30.1 Å². The fourth-order valence-corrected chi connectivity index (χ4v) is 4.27. The van der Waals surface area contributed by atoms with E-state index in [0.29, 0.717) is 26.2 Å². The topological polar surface area (TPSA) is 102 Å². The van der Waals surface area contributed by atoms with Crippen LogP contribution in [0.25, 0.3) is 0 Å². The Hall–Kier alpha value is -3.59. The van der Waals surface area contributed by atoms with Crippen LogP contribution in [0.1, 0.15) is 28.8 Å². The summed E-state index contributed by atoms with van der Waals surface area (Å²) in [6.07, 6.45) is 1.13. The summed E-state index contributed by atoms with van der Waals surface area (Å²) in [5.74, 6) is -0.990. The van der Waals surface area contributed by atoms with Crippen LogP contribution in [-0.2, 0) is 16.1 Å². The fourth-order valence-electron chi connectivity index (χ4n) is 4.27. The van der Waals surface area contributed by atoms with E-state index in [1.807, 2.05) is 47.5 Å². The number of piperidine rings is 1. The van der Waals surface area contributed by atoms with E-state index in [4.69, 9.17) is 9.84 Å². The molecule has 2 aromatic rings. The molecule has 2 amide bonds. The number of piperazine rings is 1. The summed E-state index contributed by atoms with van der Waals surface area (Å²) < 4.78 is 5.39. The Morgan fingerprint density at radius 1 is 0.882 bits per heavy atom. The molecule has 9 nitrogen and oxygen atoms in total. The van der Waals surface area contributed by atoms with Crippen molar-refractivity contribution in [1.82, 2.24) is 15.3 Å². The Bertz CT molecular complexity index is 982. The van der Waals surface area contributed by atoms with Crippen molar-refractivity contribution in [1.29, 1.82) is 0 Å². The molecule has 0 aliphatic carbocycles. The Morgan fingerprint density at radius 2 is 1.53 bits per heavy atom. The highest BCUT2D eigenvalue weighted by molar-refractivity contribution is 5.88. The van der Waals surface area contributed by atoms with Gasteiger partial charge in [-0.05, 0) is 42.7 Å². The monoisotopic (exact) mass is 466 g/mol. The van der Waals surface area contributed by atoms with Crippen LogP contribution in [0.5, 0.6) is 0 Å². The second-order valence-electron chi connectivity index (χ2n) is 8.60. The average molecular weight is 467 g/mol. The zero-order valence-corrected chi connectivity index (χ0v) is 19.1. The number of amides is 2. The molecule has 34 heavy (non-hydrogen) atoms. The first-order valence-corrected chi connectivity index (χ1v) is 11.6. The van der Waals surface area contributed by atoms with E-state index >= 15 is 0 Å². The van der Waals surface area contributed by atoms with Crippen molar-refractivity contribution in [2.45, 2.75) is 19.4 Å². The number of hydrazine groups is 1. The molecule has 2 aromatic carbocycles. The van der Waals surface area contributed by atoms with Gasteiger partial charge in [-0.2, -0.15) is 0 Å². The molecule has 0 aromatic heterocycles. The van der Waals surface area contributed by atoms with Gasteiger partial charge in [-0.15, -0.1) is 0 Å². The lowest BCUT2D eigenvalue weighted by Gasteiger charge is -2.36. The van der Waals surface area contributed by atoms with Crippen molar-refractivity contribution in [3.8, 4) is 0 Å². The van der Waals surface area contributed by atoms with E-state index in [9.17, 15) is 14.4 Å². The SMILES string of the molecule is O=C(O)c1ccc(N2CCC(C(=O)NN3CCN(C(=O)OCc4ccccc4)CC3)CC2)cc1. The molecule has 180 valence electrons. The number of carbonyl (C=O) groups is 3. The van der Waals surface area contributed by atoms with Crippen LogP contribution < -0.4 is 10.3 Å². The van der Waals surface area contributed by atoms with Gasteiger partial charge in [0.05, 0.1) is 5.56 Å². The number of nitrogens with zero attached hydrogens (tertiary/aromatic N) is 3. The summed E-state index contributed by atoms with van der Waals surface area (Å²) in [5, 5.41) is 10.9. The lowest BCUT2D eigenvalue weighted by molar-refractivity contribution is -0.131. The van der Waals surface area contributed by atoms with Crippen molar-refractivity contribution < 1.29 is 24.2 Å². The maximum Gasteiger partial charge on any atom is 0.410 e. The molecule has 2 N–H and O–H groups in total. The zero-order valence-electron chi connectivity index (χ0n) is 19.1. The number of hydrogen-bond acceptors (Lipinski definition) is 6. The van der Waals surface area contributed by atoms with Crippen LogP contribution in [0.2, 0.25) is 0 Å². The smallest absolute Gasteiger partial charge is 0.410 e. The Labute approximate surface area is 198 Å². The summed E-state index contributed by atoms with van der Waals surface area (Å²) >= 11 is 0. The molecule has 2 fully saturated rings. The van der Waals surface area contributed by atoms with Gasteiger partial charge in [0.15, 0.2) is 0 Å². The molecule has 0 radical (unpaired) electrons. The van der Waals surface area contributed by atoms with Crippen LogP contribution in [0.15, 0.2) is 54.6 Å². The Balaban J connectivity index is 1.16. The van der Waals surface area contributed by atoms with Gasteiger partial charge in [-0.25, -0.2) is 14.6 Å². The van der Waals surface area contributed by atoms with Crippen LogP contribution in [0, 0.1) is 5.92 Å².